The maximum absolute atomic E-state index is 5.87. The number of benzene rings is 1. The van der Waals surface area contributed by atoms with Gasteiger partial charge in [0.1, 0.15) is 5.52 Å². The molecule has 1 heterocycles. The van der Waals surface area contributed by atoms with Gasteiger partial charge in [0, 0.05) is 17.1 Å². The Morgan fingerprint density at radius 1 is 1.50 bits per heavy atom. The first-order chi connectivity index (χ1) is 7.69. The Bertz CT molecular complexity index is 481. The van der Waals surface area contributed by atoms with Crippen LogP contribution in [0.1, 0.15) is 26.2 Å². The normalized spacial score (nSPS) is 13.2. The molecule has 0 saturated heterocycles. The van der Waals surface area contributed by atoms with Crippen LogP contribution in [-0.2, 0) is 6.54 Å². The summed E-state index contributed by atoms with van der Waals surface area (Å²) in [6.45, 7) is 4.93. The summed E-state index contributed by atoms with van der Waals surface area (Å²) in [6.07, 6.45) is 1.09. The molecule has 0 radical (unpaired) electrons. The van der Waals surface area contributed by atoms with Crippen molar-refractivity contribution in [3.8, 4) is 0 Å². The lowest BCUT2D eigenvalue weighted by Crippen LogP contribution is -2.24. The molecule has 0 bridgehead atoms. The Morgan fingerprint density at radius 3 is 3.06 bits per heavy atom. The van der Waals surface area contributed by atoms with E-state index >= 15 is 0 Å². The van der Waals surface area contributed by atoms with E-state index in [1.807, 2.05) is 12.1 Å². The van der Waals surface area contributed by atoms with Gasteiger partial charge in [0.25, 0.3) is 0 Å². The zero-order valence-corrected chi connectivity index (χ0v) is 10.2. The molecular formula is C12H15ClN2O. The molecule has 0 aliphatic heterocycles. The second kappa shape index (κ2) is 4.85. The predicted octanol–water partition coefficient (Wildman–Crippen LogP) is 3.37. The number of aromatic nitrogens is 1. The lowest BCUT2D eigenvalue weighted by atomic mass is 10.3. The van der Waals surface area contributed by atoms with Crippen molar-refractivity contribution in [1.82, 2.24) is 10.3 Å². The van der Waals surface area contributed by atoms with Crippen molar-refractivity contribution in [2.24, 2.45) is 0 Å². The Labute approximate surface area is 99.8 Å². The van der Waals surface area contributed by atoms with E-state index in [0.717, 1.165) is 17.5 Å². The summed E-state index contributed by atoms with van der Waals surface area (Å²) in [7, 11) is 0. The Balaban J connectivity index is 2.13. The molecule has 2 rings (SSSR count). The van der Waals surface area contributed by atoms with Gasteiger partial charge in [-0.05, 0) is 25.5 Å². The van der Waals surface area contributed by atoms with Gasteiger partial charge in [0.05, 0.1) is 6.54 Å². The molecule has 86 valence electrons. The van der Waals surface area contributed by atoms with E-state index in [2.05, 4.69) is 24.1 Å². The van der Waals surface area contributed by atoms with E-state index in [0.29, 0.717) is 23.5 Å². The number of hydrogen-bond donors (Lipinski definition) is 1. The summed E-state index contributed by atoms with van der Waals surface area (Å²) in [6, 6.07) is 5.95. The number of halogens is 1. The van der Waals surface area contributed by atoms with Crippen LogP contribution in [0.3, 0.4) is 0 Å². The maximum Gasteiger partial charge on any atom is 0.209 e. The number of hydrogen-bond acceptors (Lipinski definition) is 3. The Hall–Kier alpha value is -1.06. The fourth-order valence-corrected chi connectivity index (χ4v) is 1.59. The topological polar surface area (TPSA) is 38.1 Å². The quantitative estimate of drug-likeness (QED) is 0.888. The van der Waals surface area contributed by atoms with Gasteiger partial charge in [0.2, 0.25) is 5.89 Å². The van der Waals surface area contributed by atoms with E-state index in [1.54, 1.807) is 6.07 Å². The first kappa shape index (κ1) is 11.4. The van der Waals surface area contributed by atoms with Crippen LogP contribution in [-0.4, -0.2) is 11.0 Å². The molecule has 1 aromatic heterocycles. The minimum atomic E-state index is 0.471. The monoisotopic (exact) mass is 238 g/mol. The third-order valence-electron chi connectivity index (χ3n) is 2.61. The van der Waals surface area contributed by atoms with E-state index < -0.39 is 0 Å². The van der Waals surface area contributed by atoms with Crippen molar-refractivity contribution in [1.29, 1.82) is 0 Å². The van der Waals surface area contributed by atoms with E-state index in [9.17, 15) is 0 Å². The summed E-state index contributed by atoms with van der Waals surface area (Å²) < 4.78 is 5.59. The summed E-state index contributed by atoms with van der Waals surface area (Å²) in [4.78, 5) is 4.37. The zero-order valence-electron chi connectivity index (χ0n) is 9.46. The number of rotatable bonds is 4. The highest BCUT2D eigenvalue weighted by Crippen LogP contribution is 2.19. The third kappa shape index (κ3) is 2.54. The maximum atomic E-state index is 5.87. The van der Waals surface area contributed by atoms with Gasteiger partial charge >= 0.3 is 0 Å². The van der Waals surface area contributed by atoms with Crippen LogP contribution in [0.15, 0.2) is 22.6 Å². The molecule has 0 saturated carbocycles. The third-order valence-corrected chi connectivity index (χ3v) is 2.84. The minimum absolute atomic E-state index is 0.471. The van der Waals surface area contributed by atoms with Crippen LogP contribution in [0, 0.1) is 0 Å². The highest BCUT2D eigenvalue weighted by molar-refractivity contribution is 6.31. The average molecular weight is 239 g/mol. The molecule has 0 aliphatic carbocycles. The van der Waals surface area contributed by atoms with Crippen LogP contribution in [0.2, 0.25) is 5.02 Å². The summed E-state index contributed by atoms with van der Waals surface area (Å²) in [5.74, 6) is 0.706. The molecular weight excluding hydrogens is 224 g/mol. The highest BCUT2D eigenvalue weighted by atomic mass is 35.5. The first-order valence-corrected chi connectivity index (χ1v) is 5.85. The van der Waals surface area contributed by atoms with E-state index in [4.69, 9.17) is 16.0 Å². The first-order valence-electron chi connectivity index (χ1n) is 5.47. The van der Waals surface area contributed by atoms with Crippen LogP contribution in [0.4, 0.5) is 0 Å². The van der Waals surface area contributed by atoms with Crippen molar-refractivity contribution in [3.63, 3.8) is 0 Å². The fraction of sp³-hybridized carbons (Fsp3) is 0.417. The largest absolute Gasteiger partial charge is 0.439 e. The predicted molar refractivity (Wildman–Crippen MR) is 65.6 cm³/mol. The average Bonchev–Trinajstić information content (AvgIpc) is 2.67. The van der Waals surface area contributed by atoms with Crippen molar-refractivity contribution in [2.45, 2.75) is 32.9 Å². The summed E-state index contributed by atoms with van der Waals surface area (Å²) in [5, 5.41) is 4.01. The molecule has 16 heavy (non-hydrogen) atoms. The molecule has 0 amide bonds. The van der Waals surface area contributed by atoms with E-state index in [1.165, 1.54) is 0 Å². The summed E-state index contributed by atoms with van der Waals surface area (Å²) in [5.41, 5.74) is 1.60. The van der Waals surface area contributed by atoms with Crippen LogP contribution >= 0.6 is 11.6 Å². The lowest BCUT2D eigenvalue weighted by Gasteiger charge is -2.07. The molecule has 1 unspecified atom stereocenters. The Kier molecular flexibility index (Phi) is 3.46. The fourth-order valence-electron chi connectivity index (χ4n) is 1.43. The second-order valence-electron chi connectivity index (χ2n) is 3.91. The lowest BCUT2D eigenvalue weighted by molar-refractivity contribution is 0.455. The number of nitrogens with zero attached hydrogens (tertiary/aromatic N) is 1. The van der Waals surface area contributed by atoms with Gasteiger partial charge < -0.3 is 9.73 Å². The van der Waals surface area contributed by atoms with Crippen molar-refractivity contribution in [2.75, 3.05) is 0 Å². The molecule has 1 aromatic carbocycles. The van der Waals surface area contributed by atoms with Gasteiger partial charge in [-0.15, -0.1) is 0 Å². The molecule has 0 fully saturated rings. The number of nitrogens with one attached hydrogen (secondary N) is 1. The summed E-state index contributed by atoms with van der Waals surface area (Å²) >= 11 is 5.87. The minimum Gasteiger partial charge on any atom is -0.439 e. The number of oxazole rings is 1. The highest BCUT2D eigenvalue weighted by Gasteiger charge is 2.06. The molecule has 1 atom stereocenters. The smallest absolute Gasteiger partial charge is 0.209 e. The van der Waals surface area contributed by atoms with Crippen molar-refractivity contribution in [3.05, 3.63) is 29.1 Å². The van der Waals surface area contributed by atoms with Gasteiger partial charge in [-0.1, -0.05) is 18.5 Å². The molecule has 1 N–H and O–H groups in total. The molecule has 4 heteroatoms. The van der Waals surface area contributed by atoms with Gasteiger partial charge in [-0.2, -0.15) is 0 Å². The number of fused-ring (bicyclic) bond motifs is 1. The van der Waals surface area contributed by atoms with E-state index in [-0.39, 0.29) is 0 Å². The molecule has 2 aromatic rings. The standard InChI is InChI=1S/C12H15ClN2O/c1-3-8(2)14-7-12-15-10-5-4-9(13)6-11(10)16-12/h4-6,8,14H,3,7H2,1-2H3. The molecule has 0 spiro atoms. The van der Waals surface area contributed by atoms with Crippen LogP contribution in [0.5, 0.6) is 0 Å². The molecule has 3 nitrogen and oxygen atoms in total. The van der Waals surface area contributed by atoms with Gasteiger partial charge in [0.15, 0.2) is 5.58 Å². The van der Waals surface area contributed by atoms with Crippen LogP contribution < -0.4 is 5.32 Å². The van der Waals surface area contributed by atoms with Gasteiger partial charge in [-0.25, -0.2) is 4.98 Å². The second-order valence-corrected chi connectivity index (χ2v) is 4.35. The van der Waals surface area contributed by atoms with Gasteiger partial charge in [-0.3, -0.25) is 0 Å². The van der Waals surface area contributed by atoms with Crippen molar-refractivity contribution >= 4 is 22.7 Å². The van der Waals surface area contributed by atoms with Crippen LogP contribution in [0.25, 0.3) is 11.1 Å². The SMILES string of the molecule is CCC(C)NCc1nc2ccc(Cl)cc2o1. The molecule has 0 aliphatic rings. The Morgan fingerprint density at radius 2 is 2.31 bits per heavy atom. The zero-order chi connectivity index (χ0) is 11.5. The van der Waals surface area contributed by atoms with Crippen molar-refractivity contribution < 1.29 is 4.42 Å².